The van der Waals surface area contributed by atoms with Gasteiger partial charge in [0.05, 0.1) is 0 Å². The van der Waals surface area contributed by atoms with Crippen LogP contribution < -0.4 is 0 Å². The van der Waals surface area contributed by atoms with Crippen LogP contribution in [0.5, 0.6) is 0 Å². The fourth-order valence-electron chi connectivity index (χ4n) is 3.73. The molecule has 2 aromatic carbocycles. The number of carboxylic acid groups (broad SMARTS) is 2. The summed E-state index contributed by atoms with van der Waals surface area (Å²) in [5.41, 5.74) is 0.180. The van der Waals surface area contributed by atoms with E-state index in [1.54, 1.807) is 4.90 Å². The van der Waals surface area contributed by atoms with Crippen molar-refractivity contribution < 1.29 is 37.8 Å². The normalized spacial score (nSPS) is 17.9. The Kier molecular flexibility index (Phi) is 6.73. The van der Waals surface area contributed by atoms with Crippen LogP contribution in [0.25, 0.3) is 10.8 Å². The molecule has 1 heterocycles. The van der Waals surface area contributed by atoms with E-state index in [1.807, 2.05) is 6.07 Å². The van der Waals surface area contributed by atoms with Gasteiger partial charge in [-0.3, -0.25) is 14.5 Å². The molecule has 10 heteroatoms. The number of benzene rings is 2. The van der Waals surface area contributed by atoms with Crippen LogP contribution in [0.2, 0.25) is 0 Å². The van der Waals surface area contributed by atoms with Crippen LogP contribution in [0.3, 0.4) is 0 Å². The fourth-order valence-corrected chi connectivity index (χ4v) is 3.73. The highest BCUT2D eigenvalue weighted by atomic mass is 19.4. The predicted molar refractivity (Wildman–Crippen MR) is 109 cm³/mol. The van der Waals surface area contributed by atoms with E-state index in [2.05, 4.69) is 41.3 Å². The van der Waals surface area contributed by atoms with E-state index in [9.17, 15) is 27.9 Å². The Morgan fingerprint density at radius 2 is 1.47 bits per heavy atom. The van der Waals surface area contributed by atoms with E-state index in [0.717, 1.165) is 19.6 Å². The lowest BCUT2D eigenvalue weighted by molar-refractivity contribution is -0.192. The van der Waals surface area contributed by atoms with Crippen molar-refractivity contribution in [2.75, 3.05) is 26.2 Å². The van der Waals surface area contributed by atoms with E-state index < -0.39 is 23.5 Å². The number of piperazine rings is 1. The molecule has 172 valence electrons. The maximum absolute atomic E-state index is 12.5. The molecular formula is C22H23F3N2O5. The second-order valence-corrected chi connectivity index (χ2v) is 7.90. The molecule has 1 saturated carbocycles. The number of hydrogen-bond acceptors (Lipinski definition) is 4. The van der Waals surface area contributed by atoms with Crippen LogP contribution in [-0.2, 0) is 20.9 Å². The summed E-state index contributed by atoms with van der Waals surface area (Å²) in [5, 5.41) is 18.9. The molecule has 2 N–H and O–H groups in total. The number of fused-ring (bicyclic) bond motifs is 1. The summed E-state index contributed by atoms with van der Waals surface area (Å²) in [4.78, 5) is 36.8. The van der Waals surface area contributed by atoms with E-state index in [4.69, 9.17) is 9.90 Å². The molecule has 1 aliphatic carbocycles. The van der Waals surface area contributed by atoms with Crippen molar-refractivity contribution in [1.29, 1.82) is 0 Å². The largest absolute Gasteiger partial charge is 0.490 e. The van der Waals surface area contributed by atoms with Crippen LogP contribution in [0, 0.1) is 5.41 Å². The number of nitrogens with zero attached hydrogens (tertiary/aromatic N) is 2. The van der Waals surface area contributed by atoms with Gasteiger partial charge in [-0.05, 0) is 29.2 Å². The Hall–Kier alpha value is -3.14. The first-order valence-corrected chi connectivity index (χ1v) is 10.1. The molecule has 32 heavy (non-hydrogen) atoms. The van der Waals surface area contributed by atoms with Crippen LogP contribution in [0.15, 0.2) is 42.5 Å². The first kappa shape index (κ1) is 23.5. The Morgan fingerprint density at radius 1 is 0.906 bits per heavy atom. The number of carbonyl (C=O) groups excluding carboxylic acids is 1. The smallest absolute Gasteiger partial charge is 0.480 e. The molecule has 0 radical (unpaired) electrons. The predicted octanol–water partition coefficient (Wildman–Crippen LogP) is 2.98. The van der Waals surface area contributed by atoms with Gasteiger partial charge in [-0.25, -0.2) is 4.79 Å². The summed E-state index contributed by atoms with van der Waals surface area (Å²) in [6, 6.07) is 14.7. The molecule has 4 rings (SSSR count). The van der Waals surface area contributed by atoms with E-state index >= 15 is 0 Å². The quantitative estimate of drug-likeness (QED) is 0.693. The van der Waals surface area contributed by atoms with Gasteiger partial charge in [0.2, 0.25) is 5.91 Å². The third kappa shape index (κ3) is 5.18. The summed E-state index contributed by atoms with van der Waals surface area (Å²) in [7, 11) is 0. The van der Waals surface area contributed by atoms with Crippen LogP contribution in [0.4, 0.5) is 13.2 Å². The molecule has 0 bridgehead atoms. The van der Waals surface area contributed by atoms with Crippen molar-refractivity contribution in [2.45, 2.75) is 25.6 Å². The van der Waals surface area contributed by atoms with E-state index in [1.165, 1.54) is 16.3 Å². The summed E-state index contributed by atoms with van der Waals surface area (Å²) < 4.78 is 31.7. The van der Waals surface area contributed by atoms with E-state index in [0.29, 0.717) is 25.9 Å². The second kappa shape index (κ2) is 9.15. The molecule has 0 spiro atoms. The first-order chi connectivity index (χ1) is 15.0. The second-order valence-electron chi connectivity index (χ2n) is 7.90. The molecule has 2 aliphatic rings. The molecule has 1 amide bonds. The maximum atomic E-state index is 12.5. The minimum atomic E-state index is -5.08. The van der Waals surface area contributed by atoms with Gasteiger partial charge in [0.1, 0.15) is 5.41 Å². The number of rotatable bonds is 4. The van der Waals surface area contributed by atoms with Crippen molar-refractivity contribution in [3.05, 3.63) is 48.0 Å². The monoisotopic (exact) mass is 452 g/mol. The van der Waals surface area contributed by atoms with Crippen LogP contribution >= 0.6 is 0 Å². The minimum absolute atomic E-state index is 0.190. The molecular weight excluding hydrogens is 429 g/mol. The summed E-state index contributed by atoms with van der Waals surface area (Å²) in [6.45, 7) is 3.64. The lowest BCUT2D eigenvalue weighted by atomic mass is 10.0. The number of hydrogen-bond donors (Lipinski definition) is 2. The SMILES string of the molecule is O=C(O)C(F)(F)F.O=C(O)C1(C(=O)N2CCN(Cc3cccc4ccccc34)CC2)CC1. The lowest BCUT2D eigenvalue weighted by Crippen LogP contribution is -2.51. The molecule has 0 atom stereocenters. The Balaban J connectivity index is 0.000000360. The standard InChI is InChI=1S/C20H22N2O3.C2HF3O2/c23-18(20(8-9-20)19(24)25)22-12-10-21(11-13-22)14-16-6-3-5-15-4-1-2-7-17(15)16;3-2(4,5)1(6)7/h1-7H,8-14H2,(H,24,25);(H,6,7). The van der Waals surface area contributed by atoms with Gasteiger partial charge in [-0.2, -0.15) is 13.2 Å². The number of alkyl halides is 3. The zero-order valence-corrected chi connectivity index (χ0v) is 17.1. The third-order valence-electron chi connectivity index (χ3n) is 5.74. The minimum Gasteiger partial charge on any atom is -0.480 e. The summed E-state index contributed by atoms with van der Waals surface area (Å²) in [6.07, 6.45) is -4.12. The van der Waals surface area contributed by atoms with Crippen LogP contribution in [0.1, 0.15) is 18.4 Å². The van der Waals surface area contributed by atoms with Gasteiger partial charge < -0.3 is 15.1 Å². The number of aliphatic carboxylic acids is 2. The van der Waals surface area contributed by atoms with Gasteiger partial charge in [-0.1, -0.05) is 42.5 Å². The van der Waals surface area contributed by atoms with Crippen molar-refractivity contribution in [3.63, 3.8) is 0 Å². The molecule has 7 nitrogen and oxygen atoms in total. The molecule has 1 aliphatic heterocycles. The number of amides is 1. The van der Waals surface area contributed by atoms with Gasteiger partial charge in [0, 0.05) is 32.7 Å². The van der Waals surface area contributed by atoms with Crippen molar-refractivity contribution >= 4 is 28.6 Å². The van der Waals surface area contributed by atoms with Gasteiger partial charge in [0.25, 0.3) is 0 Å². The van der Waals surface area contributed by atoms with E-state index in [-0.39, 0.29) is 5.91 Å². The van der Waals surface area contributed by atoms with Crippen molar-refractivity contribution in [2.24, 2.45) is 5.41 Å². The van der Waals surface area contributed by atoms with Gasteiger partial charge in [0.15, 0.2) is 0 Å². The van der Waals surface area contributed by atoms with Gasteiger partial charge in [-0.15, -0.1) is 0 Å². The number of carboxylic acids is 2. The first-order valence-electron chi connectivity index (χ1n) is 10.1. The van der Waals surface area contributed by atoms with Gasteiger partial charge >= 0.3 is 18.1 Å². The lowest BCUT2D eigenvalue weighted by Gasteiger charge is -2.36. The molecule has 0 unspecified atom stereocenters. The number of carbonyl (C=O) groups is 3. The zero-order chi connectivity index (χ0) is 23.5. The Labute approximate surface area is 182 Å². The summed E-state index contributed by atoms with van der Waals surface area (Å²) in [5.74, 6) is -3.91. The van der Waals surface area contributed by atoms with Crippen LogP contribution in [-0.4, -0.2) is 70.2 Å². The molecule has 2 fully saturated rings. The average molecular weight is 452 g/mol. The number of halogens is 3. The third-order valence-corrected chi connectivity index (χ3v) is 5.74. The highest BCUT2D eigenvalue weighted by Crippen LogP contribution is 2.47. The Morgan fingerprint density at radius 3 is 2.00 bits per heavy atom. The highest BCUT2D eigenvalue weighted by Gasteiger charge is 2.58. The molecule has 0 aromatic heterocycles. The zero-order valence-electron chi connectivity index (χ0n) is 17.1. The fraction of sp³-hybridized carbons (Fsp3) is 0.409. The average Bonchev–Trinajstić information content (AvgIpc) is 3.56. The topological polar surface area (TPSA) is 98.1 Å². The molecule has 2 aromatic rings. The van der Waals surface area contributed by atoms with Crippen molar-refractivity contribution in [1.82, 2.24) is 9.80 Å². The Bertz CT molecular complexity index is 1010. The van der Waals surface area contributed by atoms with Crippen molar-refractivity contribution in [3.8, 4) is 0 Å². The highest BCUT2D eigenvalue weighted by molar-refractivity contribution is 6.04. The molecule has 1 saturated heterocycles. The summed E-state index contributed by atoms with van der Waals surface area (Å²) >= 11 is 0. The maximum Gasteiger partial charge on any atom is 0.490 e.